The highest BCUT2D eigenvalue weighted by molar-refractivity contribution is 9.10. The molecule has 1 heterocycles. The van der Waals surface area contributed by atoms with Crippen LogP contribution in [-0.2, 0) is 17.4 Å². The maximum Gasteiger partial charge on any atom is 0.417 e. The molecule has 3 rings (SSSR count). The number of benzene rings is 2. The van der Waals surface area contributed by atoms with Crippen LogP contribution in [-0.4, -0.2) is 17.5 Å². The lowest BCUT2D eigenvalue weighted by Gasteiger charge is -2.11. The summed E-state index contributed by atoms with van der Waals surface area (Å²) in [5.41, 5.74) is 1.85. The number of aromatic amines is 1. The summed E-state index contributed by atoms with van der Waals surface area (Å²) in [7, 11) is 0. The highest BCUT2D eigenvalue weighted by Crippen LogP contribution is 2.36. The molecule has 0 unspecified atom stereocenters. The number of carbonyl (C=O) groups is 1. The third-order valence-electron chi connectivity index (χ3n) is 3.96. The number of ether oxygens (including phenoxy) is 1. The number of aromatic nitrogens is 1. The predicted molar refractivity (Wildman–Crippen MR) is 101 cm³/mol. The Morgan fingerprint density at radius 2 is 2.00 bits per heavy atom. The number of amides is 1. The van der Waals surface area contributed by atoms with Crippen LogP contribution in [0, 0.1) is 0 Å². The highest BCUT2D eigenvalue weighted by Gasteiger charge is 2.32. The molecule has 8 heteroatoms. The maximum atomic E-state index is 12.8. The number of hydrogen-bond donors (Lipinski definition) is 2. The molecule has 27 heavy (non-hydrogen) atoms. The number of fused-ring (bicyclic) bond motifs is 1. The molecule has 0 fully saturated rings. The zero-order valence-corrected chi connectivity index (χ0v) is 15.9. The molecule has 3 aromatic rings. The summed E-state index contributed by atoms with van der Waals surface area (Å²) in [4.78, 5) is 14.3. The summed E-state index contributed by atoms with van der Waals surface area (Å²) in [5.74, 6) is 0.203. The first-order chi connectivity index (χ1) is 12.7. The van der Waals surface area contributed by atoms with Gasteiger partial charge < -0.3 is 15.0 Å². The van der Waals surface area contributed by atoms with Crippen LogP contribution in [0.2, 0.25) is 0 Å². The van der Waals surface area contributed by atoms with Crippen molar-refractivity contribution in [2.75, 3.05) is 11.9 Å². The van der Waals surface area contributed by atoms with Crippen molar-refractivity contribution < 1.29 is 22.7 Å². The second-order valence-electron chi connectivity index (χ2n) is 6.00. The van der Waals surface area contributed by atoms with E-state index in [9.17, 15) is 18.0 Å². The van der Waals surface area contributed by atoms with E-state index < -0.39 is 11.7 Å². The van der Waals surface area contributed by atoms with Crippen LogP contribution in [0.25, 0.3) is 10.9 Å². The van der Waals surface area contributed by atoms with E-state index >= 15 is 0 Å². The Hall–Kier alpha value is -2.48. The summed E-state index contributed by atoms with van der Waals surface area (Å²) in [6, 6.07) is 9.39. The van der Waals surface area contributed by atoms with Gasteiger partial charge >= 0.3 is 6.18 Å². The molecule has 0 aliphatic rings. The molecule has 0 atom stereocenters. The zero-order valence-electron chi connectivity index (χ0n) is 14.3. The van der Waals surface area contributed by atoms with E-state index in [0.29, 0.717) is 24.5 Å². The first kappa shape index (κ1) is 19.3. The molecular weight excluding hydrogens is 425 g/mol. The van der Waals surface area contributed by atoms with Crippen molar-refractivity contribution in [1.29, 1.82) is 0 Å². The van der Waals surface area contributed by atoms with Gasteiger partial charge in [0.1, 0.15) is 5.75 Å². The van der Waals surface area contributed by atoms with Gasteiger partial charge in [0.15, 0.2) is 0 Å². The Morgan fingerprint density at radius 3 is 2.67 bits per heavy atom. The average Bonchev–Trinajstić information content (AvgIpc) is 2.95. The van der Waals surface area contributed by atoms with E-state index in [4.69, 9.17) is 4.74 Å². The monoisotopic (exact) mass is 440 g/mol. The largest absolute Gasteiger partial charge is 0.493 e. The number of alkyl halides is 3. The standard InChI is InChI=1S/C19H16BrF3N2O2/c1-11(26)25-18-10-24-17-5-2-12(8-14(17)18)6-7-27-13-3-4-15(16(20)9-13)19(21,22)23/h2-5,8-10,24H,6-7H2,1H3,(H,25,26). The first-order valence-corrected chi connectivity index (χ1v) is 8.90. The second-order valence-corrected chi connectivity index (χ2v) is 6.86. The van der Waals surface area contributed by atoms with Crippen LogP contribution in [0.5, 0.6) is 5.75 Å². The molecule has 4 nitrogen and oxygen atoms in total. The van der Waals surface area contributed by atoms with Crippen LogP contribution in [0.15, 0.2) is 47.1 Å². The number of hydrogen-bond acceptors (Lipinski definition) is 2. The van der Waals surface area contributed by atoms with Gasteiger partial charge in [-0.1, -0.05) is 22.0 Å². The average molecular weight is 441 g/mol. The van der Waals surface area contributed by atoms with Gasteiger partial charge in [-0.2, -0.15) is 13.2 Å². The zero-order chi connectivity index (χ0) is 19.6. The molecule has 0 saturated carbocycles. The Kier molecular flexibility index (Phi) is 5.46. The van der Waals surface area contributed by atoms with Crippen molar-refractivity contribution in [2.45, 2.75) is 19.5 Å². The van der Waals surface area contributed by atoms with E-state index in [1.165, 1.54) is 19.1 Å². The minimum atomic E-state index is -4.41. The van der Waals surface area contributed by atoms with Crippen molar-refractivity contribution in [1.82, 2.24) is 4.98 Å². The molecule has 142 valence electrons. The van der Waals surface area contributed by atoms with Gasteiger partial charge in [0.25, 0.3) is 0 Å². The summed E-state index contributed by atoms with van der Waals surface area (Å²) < 4.78 is 43.8. The first-order valence-electron chi connectivity index (χ1n) is 8.11. The Morgan fingerprint density at radius 1 is 1.22 bits per heavy atom. The molecule has 0 saturated heterocycles. The summed E-state index contributed by atoms with van der Waals surface area (Å²) in [6.07, 6.45) is -2.11. The van der Waals surface area contributed by atoms with Gasteiger partial charge in [-0.05, 0) is 35.9 Å². The van der Waals surface area contributed by atoms with E-state index in [2.05, 4.69) is 26.2 Å². The van der Waals surface area contributed by atoms with Crippen molar-refractivity contribution in [2.24, 2.45) is 0 Å². The lowest BCUT2D eigenvalue weighted by molar-refractivity contribution is -0.138. The van der Waals surface area contributed by atoms with Gasteiger partial charge in [-0.25, -0.2) is 0 Å². The predicted octanol–water partition coefficient (Wildman–Crippen LogP) is 5.53. The van der Waals surface area contributed by atoms with Crippen molar-refractivity contribution in [3.05, 3.63) is 58.2 Å². The van der Waals surface area contributed by atoms with E-state index in [0.717, 1.165) is 22.5 Å². The van der Waals surface area contributed by atoms with Crippen molar-refractivity contribution in [3.8, 4) is 5.75 Å². The van der Waals surface area contributed by atoms with Gasteiger partial charge in [-0.15, -0.1) is 0 Å². The lowest BCUT2D eigenvalue weighted by atomic mass is 10.1. The number of anilines is 1. The van der Waals surface area contributed by atoms with Gasteiger partial charge in [0.05, 0.1) is 17.9 Å². The molecule has 2 aromatic carbocycles. The summed E-state index contributed by atoms with van der Waals surface area (Å²) in [5, 5.41) is 3.65. The van der Waals surface area contributed by atoms with Crippen LogP contribution in [0.3, 0.4) is 0 Å². The van der Waals surface area contributed by atoms with Crippen LogP contribution < -0.4 is 10.1 Å². The number of H-pyrrole nitrogens is 1. The molecule has 1 aromatic heterocycles. The fourth-order valence-corrected chi connectivity index (χ4v) is 3.30. The van der Waals surface area contributed by atoms with E-state index in [-0.39, 0.29) is 10.4 Å². The van der Waals surface area contributed by atoms with Gasteiger partial charge in [0, 0.05) is 34.9 Å². The molecule has 0 spiro atoms. The summed E-state index contributed by atoms with van der Waals surface area (Å²) in [6.45, 7) is 1.75. The quantitative estimate of drug-likeness (QED) is 0.547. The Labute approximate surface area is 161 Å². The van der Waals surface area contributed by atoms with Crippen LogP contribution >= 0.6 is 15.9 Å². The van der Waals surface area contributed by atoms with Crippen molar-refractivity contribution in [3.63, 3.8) is 0 Å². The normalized spacial score (nSPS) is 11.6. The fourth-order valence-electron chi connectivity index (χ4n) is 2.72. The lowest BCUT2D eigenvalue weighted by Crippen LogP contribution is -2.07. The number of carbonyl (C=O) groups excluding carboxylic acids is 1. The molecule has 1 amide bonds. The number of rotatable bonds is 5. The third kappa shape index (κ3) is 4.63. The van der Waals surface area contributed by atoms with E-state index in [1.807, 2.05) is 18.2 Å². The topological polar surface area (TPSA) is 54.1 Å². The van der Waals surface area contributed by atoms with E-state index in [1.54, 1.807) is 6.20 Å². The van der Waals surface area contributed by atoms with Crippen LogP contribution in [0.4, 0.5) is 18.9 Å². The highest BCUT2D eigenvalue weighted by atomic mass is 79.9. The number of halogens is 4. The second kappa shape index (κ2) is 7.64. The smallest absolute Gasteiger partial charge is 0.417 e. The minimum absolute atomic E-state index is 0.0545. The molecule has 0 radical (unpaired) electrons. The Balaban J connectivity index is 1.67. The minimum Gasteiger partial charge on any atom is -0.493 e. The third-order valence-corrected chi connectivity index (χ3v) is 4.62. The molecule has 0 aliphatic heterocycles. The SMILES string of the molecule is CC(=O)Nc1c[nH]c2ccc(CCOc3ccc(C(F)(F)F)c(Br)c3)cc12. The van der Waals surface area contributed by atoms with Crippen LogP contribution in [0.1, 0.15) is 18.1 Å². The molecular formula is C19H16BrF3N2O2. The molecule has 0 aliphatic carbocycles. The number of nitrogens with one attached hydrogen (secondary N) is 2. The van der Waals surface area contributed by atoms with Crippen molar-refractivity contribution >= 4 is 38.4 Å². The van der Waals surface area contributed by atoms with Gasteiger partial charge in [-0.3, -0.25) is 4.79 Å². The molecule has 2 N–H and O–H groups in total. The Bertz CT molecular complexity index is 983. The molecule has 0 bridgehead atoms. The fraction of sp³-hybridized carbons (Fsp3) is 0.211. The maximum absolute atomic E-state index is 12.8. The summed E-state index contributed by atoms with van der Waals surface area (Å²) >= 11 is 2.93. The van der Waals surface area contributed by atoms with Gasteiger partial charge in [0.2, 0.25) is 5.91 Å².